The van der Waals surface area contributed by atoms with Gasteiger partial charge in [0.2, 0.25) is 11.8 Å². The molecule has 1 aromatic heterocycles. The maximum Gasteiger partial charge on any atom is 0.305 e. The molecule has 2 aliphatic heterocycles. The zero-order valence-electron chi connectivity index (χ0n) is 23.8. The number of amides is 3. The number of ether oxygens (including phenoxy) is 1. The van der Waals surface area contributed by atoms with Gasteiger partial charge in [-0.3, -0.25) is 24.1 Å². The Hall–Kier alpha value is -4.15. The number of carbonyl (C=O) groups is 3. The molecule has 10 heteroatoms. The highest BCUT2D eigenvalue weighted by molar-refractivity contribution is 8.00. The van der Waals surface area contributed by atoms with Crippen LogP contribution in [0.3, 0.4) is 0 Å². The van der Waals surface area contributed by atoms with Crippen LogP contribution in [0.2, 0.25) is 0 Å². The number of rotatable bonds is 6. The summed E-state index contributed by atoms with van der Waals surface area (Å²) in [6.07, 6.45) is 0.822. The lowest BCUT2D eigenvalue weighted by Crippen LogP contribution is -2.42. The zero-order valence-corrected chi connectivity index (χ0v) is 25.4. The van der Waals surface area contributed by atoms with Gasteiger partial charge in [0.05, 0.1) is 22.5 Å². The van der Waals surface area contributed by atoms with E-state index in [0.717, 1.165) is 33.1 Å². The minimum atomic E-state index is -0.362. The number of H-pyrrole nitrogens is 1. The van der Waals surface area contributed by atoms with Crippen LogP contribution in [0.5, 0.6) is 5.75 Å². The van der Waals surface area contributed by atoms with E-state index in [2.05, 4.69) is 10.3 Å². The lowest BCUT2D eigenvalue weighted by Gasteiger charge is -2.43. The first-order chi connectivity index (χ1) is 21.4. The lowest BCUT2D eigenvalue weighted by molar-refractivity contribution is -0.123. The molecular formula is C34H29N3O5S2. The van der Waals surface area contributed by atoms with Crippen LogP contribution in [-0.2, 0) is 14.4 Å². The molecule has 8 rings (SSSR count). The number of imide groups is 1. The second-order valence-electron chi connectivity index (χ2n) is 12.0. The minimum Gasteiger partial charge on any atom is -0.484 e. The molecule has 1 saturated heterocycles. The normalized spacial score (nSPS) is 28.0. The van der Waals surface area contributed by atoms with Gasteiger partial charge in [-0.15, -0.1) is 11.8 Å². The van der Waals surface area contributed by atoms with Crippen LogP contribution in [0.25, 0.3) is 0 Å². The Morgan fingerprint density at radius 3 is 2.50 bits per heavy atom. The Morgan fingerprint density at radius 1 is 0.955 bits per heavy atom. The lowest BCUT2D eigenvalue weighted by atomic mass is 9.68. The summed E-state index contributed by atoms with van der Waals surface area (Å²) in [6, 6.07) is 24.5. The summed E-state index contributed by atoms with van der Waals surface area (Å²) < 4.78 is 5.95. The second kappa shape index (κ2) is 10.5. The van der Waals surface area contributed by atoms with Crippen LogP contribution in [0, 0.1) is 36.5 Å². The van der Waals surface area contributed by atoms with Gasteiger partial charge in [-0.2, -0.15) is 0 Å². The maximum atomic E-state index is 13.9. The molecule has 2 bridgehead atoms. The molecule has 4 aliphatic rings. The predicted octanol–water partition coefficient (Wildman–Crippen LogP) is 5.44. The molecule has 3 aromatic carbocycles. The summed E-state index contributed by atoms with van der Waals surface area (Å²) in [4.78, 5) is 58.3. The number of thiazole rings is 1. The fourth-order valence-corrected chi connectivity index (χ4v) is 11.0. The number of para-hydroxylation sites is 2. The van der Waals surface area contributed by atoms with Crippen molar-refractivity contribution in [1.29, 1.82) is 0 Å². The molecule has 4 aromatic rings. The first-order valence-electron chi connectivity index (χ1n) is 14.8. The predicted molar refractivity (Wildman–Crippen MR) is 169 cm³/mol. The van der Waals surface area contributed by atoms with Crippen LogP contribution < -0.4 is 19.8 Å². The van der Waals surface area contributed by atoms with Crippen molar-refractivity contribution in [3.63, 3.8) is 0 Å². The van der Waals surface area contributed by atoms with E-state index in [1.165, 1.54) is 16.2 Å². The second-order valence-corrected chi connectivity index (χ2v) is 14.2. The number of aromatic nitrogens is 1. The molecule has 44 heavy (non-hydrogen) atoms. The van der Waals surface area contributed by atoms with Crippen molar-refractivity contribution in [3.8, 4) is 5.75 Å². The molecule has 2 saturated carbocycles. The van der Waals surface area contributed by atoms with Crippen molar-refractivity contribution in [2.75, 3.05) is 16.8 Å². The average molecular weight is 624 g/mol. The van der Waals surface area contributed by atoms with E-state index in [9.17, 15) is 19.2 Å². The van der Waals surface area contributed by atoms with E-state index in [4.69, 9.17) is 4.74 Å². The molecule has 2 aliphatic carbocycles. The molecular weight excluding hydrogens is 595 g/mol. The number of nitrogens with one attached hydrogen (secondary N) is 2. The van der Waals surface area contributed by atoms with Gasteiger partial charge in [0.25, 0.3) is 5.91 Å². The van der Waals surface area contributed by atoms with Crippen LogP contribution in [0.1, 0.15) is 28.3 Å². The summed E-state index contributed by atoms with van der Waals surface area (Å²) in [6.45, 7) is 1.79. The minimum absolute atomic E-state index is 0.0208. The molecule has 4 unspecified atom stereocenters. The first kappa shape index (κ1) is 27.4. The third-order valence-electron chi connectivity index (χ3n) is 9.74. The number of hydrogen-bond acceptors (Lipinski definition) is 7. The smallest absolute Gasteiger partial charge is 0.305 e. The third-order valence-corrected chi connectivity index (χ3v) is 12.3. The highest BCUT2D eigenvalue weighted by Crippen LogP contribution is 2.68. The van der Waals surface area contributed by atoms with Gasteiger partial charge in [0.15, 0.2) is 6.61 Å². The van der Waals surface area contributed by atoms with Gasteiger partial charge < -0.3 is 15.0 Å². The Morgan fingerprint density at radius 2 is 1.70 bits per heavy atom. The van der Waals surface area contributed by atoms with Crippen LogP contribution in [0.15, 0.2) is 88.7 Å². The molecule has 0 radical (unpaired) electrons. The Balaban J connectivity index is 1.09. The number of fused-ring (bicyclic) bond motifs is 9. The van der Waals surface area contributed by atoms with Crippen molar-refractivity contribution in [3.05, 3.63) is 105 Å². The van der Waals surface area contributed by atoms with Crippen molar-refractivity contribution in [2.24, 2.45) is 29.6 Å². The SMILES string of the molecule is Cc1ccccc1NC(=O)COc1cccc([C@H]2c3sc(=O)[nH]c3SC3C2[C@H]2C[C@@H]3C3C(=O)N(c4ccccc4)C(=O)C32)c1. The van der Waals surface area contributed by atoms with Crippen LogP contribution in [-0.4, -0.2) is 34.6 Å². The number of hydrogen-bond donors (Lipinski definition) is 2. The van der Waals surface area contributed by atoms with Gasteiger partial charge in [-0.1, -0.05) is 59.9 Å². The number of nitrogens with zero attached hydrogens (tertiary/aromatic N) is 1. The fourth-order valence-electron chi connectivity index (χ4n) is 8.07. The number of thioether (sulfide) groups is 1. The Kier molecular flexibility index (Phi) is 6.53. The van der Waals surface area contributed by atoms with Gasteiger partial charge in [0, 0.05) is 21.7 Å². The number of carbonyl (C=O) groups excluding carboxylic acids is 3. The van der Waals surface area contributed by atoms with Crippen molar-refractivity contribution >= 4 is 52.2 Å². The highest BCUT2D eigenvalue weighted by atomic mass is 32.2. The summed E-state index contributed by atoms with van der Waals surface area (Å²) in [7, 11) is 0. The third kappa shape index (κ3) is 4.26. The van der Waals surface area contributed by atoms with E-state index in [-0.39, 0.29) is 70.0 Å². The van der Waals surface area contributed by atoms with E-state index in [0.29, 0.717) is 11.4 Å². The Bertz CT molecular complexity index is 1870. The van der Waals surface area contributed by atoms with E-state index < -0.39 is 0 Å². The van der Waals surface area contributed by atoms with Crippen LogP contribution in [0.4, 0.5) is 11.4 Å². The van der Waals surface area contributed by atoms with E-state index in [1.54, 1.807) is 11.8 Å². The maximum absolute atomic E-state index is 13.9. The summed E-state index contributed by atoms with van der Waals surface area (Å²) in [5.74, 6) is -0.576. The molecule has 7 atom stereocenters. The summed E-state index contributed by atoms with van der Waals surface area (Å²) in [5.41, 5.74) is 3.32. The van der Waals surface area contributed by atoms with Crippen molar-refractivity contribution in [1.82, 2.24) is 4.98 Å². The number of aryl methyl sites for hydroxylation is 1. The molecule has 3 fully saturated rings. The zero-order chi connectivity index (χ0) is 30.1. The largest absolute Gasteiger partial charge is 0.484 e. The van der Waals surface area contributed by atoms with Gasteiger partial charge in [-0.05, 0) is 72.6 Å². The van der Waals surface area contributed by atoms with Gasteiger partial charge in [0.1, 0.15) is 5.75 Å². The molecule has 3 heterocycles. The van der Waals surface area contributed by atoms with Crippen molar-refractivity contribution in [2.45, 2.75) is 29.5 Å². The van der Waals surface area contributed by atoms with Crippen molar-refractivity contribution < 1.29 is 19.1 Å². The Labute approximate surface area is 261 Å². The van der Waals surface area contributed by atoms with Crippen LogP contribution >= 0.6 is 23.1 Å². The monoisotopic (exact) mass is 623 g/mol. The topological polar surface area (TPSA) is 109 Å². The molecule has 0 spiro atoms. The van der Waals surface area contributed by atoms with Gasteiger partial charge in [-0.25, -0.2) is 0 Å². The number of benzene rings is 3. The first-order valence-corrected chi connectivity index (χ1v) is 16.5. The highest BCUT2D eigenvalue weighted by Gasteiger charge is 2.69. The van der Waals surface area contributed by atoms with E-state index >= 15 is 0 Å². The number of anilines is 2. The molecule has 2 N–H and O–H groups in total. The molecule has 3 amide bonds. The standard InChI is InChI=1S/C34H29N3O5S2/c1-17-8-5-6-13-23(17)35-24(38)16-42-20-12-7-9-18(14-20)25-26-21-15-22(29(26)43-31-30(25)44-34(41)36-31)28-27(21)32(39)37(33(28)40)19-10-3-2-4-11-19/h2-14,21-22,25-29H,15-16H2,1H3,(H,35,38)(H,36,41)/t21-,22-,25-,26?,27?,28?,29?/m1/s1. The molecule has 222 valence electrons. The molecule has 8 nitrogen and oxygen atoms in total. The number of aromatic amines is 1. The van der Waals surface area contributed by atoms with E-state index in [1.807, 2.05) is 85.8 Å². The quantitative estimate of drug-likeness (QED) is 0.277. The average Bonchev–Trinajstić information content (AvgIpc) is 3.76. The fraction of sp³-hybridized carbons (Fsp3) is 0.294. The summed E-state index contributed by atoms with van der Waals surface area (Å²) in [5, 5.41) is 3.86. The summed E-state index contributed by atoms with van der Waals surface area (Å²) >= 11 is 2.89. The van der Waals surface area contributed by atoms with Gasteiger partial charge >= 0.3 is 4.87 Å².